The van der Waals surface area contributed by atoms with E-state index < -0.39 is 0 Å². The largest absolute Gasteiger partial charge is 0.324 e. The number of halogens is 1. The highest BCUT2D eigenvalue weighted by molar-refractivity contribution is 5.26. The quantitative estimate of drug-likeness (QED) is 0.762. The Hall–Kier alpha value is -0.890. The van der Waals surface area contributed by atoms with E-state index in [1.807, 2.05) is 19.9 Å². The molecular weight excluding hydrogens is 165 g/mol. The molecule has 1 aromatic carbocycles. The first-order chi connectivity index (χ1) is 6.15. The Morgan fingerprint density at radius 1 is 1.46 bits per heavy atom. The van der Waals surface area contributed by atoms with Gasteiger partial charge in [-0.15, -0.1) is 0 Å². The number of benzene rings is 1. The van der Waals surface area contributed by atoms with Crippen molar-refractivity contribution in [3.8, 4) is 0 Å². The molecule has 2 N–H and O–H groups in total. The minimum atomic E-state index is -0.188. The van der Waals surface area contributed by atoms with Crippen LogP contribution < -0.4 is 5.73 Å². The van der Waals surface area contributed by atoms with Crippen molar-refractivity contribution in [2.24, 2.45) is 5.73 Å². The van der Waals surface area contributed by atoms with Gasteiger partial charge in [-0.05, 0) is 19.4 Å². The summed E-state index contributed by atoms with van der Waals surface area (Å²) in [5, 5.41) is 0. The number of aryl methyl sites for hydroxylation is 1. The Morgan fingerprint density at radius 2 is 2.15 bits per heavy atom. The summed E-state index contributed by atoms with van der Waals surface area (Å²) in [7, 11) is 0. The molecule has 1 aromatic rings. The van der Waals surface area contributed by atoms with Gasteiger partial charge in [-0.2, -0.15) is 0 Å². The van der Waals surface area contributed by atoms with Gasteiger partial charge < -0.3 is 5.73 Å². The molecule has 0 spiro atoms. The van der Waals surface area contributed by atoms with Crippen molar-refractivity contribution in [3.63, 3.8) is 0 Å². The average Bonchev–Trinajstić information content (AvgIpc) is 2.09. The molecule has 0 aliphatic heterocycles. The highest BCUT2D eigenvalue weighted by Gasteiger charge is 2.09. The average molecular weight is 181 g/mol. The zero-order valence-electron chi connectivity index (χ0n) is 8.18. The molecule has 72 valence electrons. The summed E-state index contributed by atoms with van der Waals surface area (Å²) in [6, 6.07) is 4.91. The van der Waals surface area contributed by atoms with Crippen molar-refractivity contribution in [1.29, 1.82) is 0 Å². The molecule has 0 radical (unpaired) electrons. The fourth-order valence-electron chi connectivity index (χ4n) is 1.41. The SMILES string of the molecule is CCCC(N)c1cc(C)ccc1F. The lowest BCUT2D eigenvalue weighted by molar-refractivity contribution is 0.559. The monoisotopic (exact) mass is 181 g/mol. The highest BCUT2D eigenvalue weighted by Crippen LogP contribution is 2.20. The van der Waals surface area contributed by atoms with E-state index in [2.05, 4.69) is 0 Å². The zero-order chi connectivity index (χ0) is 9.84. The van der Waals surface area contributed by atoms with Gasteiger partial charge in [-0.1, -0.05) is 31.0 Å². The van der Waals surface area contributed by atoms with Gasteiger partial charge in [-0.3, -0.25) is 0 Å². The minimum absolute atomic E-state index is 0.162. The van der Waals surface area contributed by atoms with Crippen LogP contribution in [0.25, 0.3) is 0 Å². The molecule has 0 aromatic heterocycles. The standard InChI is InChI=1S/C11H16FN/c1-3-4-11(13)9-7-8(2)5-6-10(9)12/h5-7,11H,3-4,13H2,1-2H3. The molecule has 1 rings (SSSR count). The predicted molar refractivity (Wildman–Crippen MR) is 53.0 cm³/mol. The maximum absolute atomic E-state index is 13.3. The Bertz CT molecular complexity index is 283. The van der Waals surface area contributed by atoms with Gasteiger partial charge in [-0.25, -0.2) is 4.39 Å². The molecule has 0 saturated carbocycles. The second-order valence-corrected chi connectivity index (χ2v) is 3.42. The van der Waals surface area contributed by atoms with Crippen LogP contribution in [0.4, 0.5) is 4.39 Å². The summed E-state index contributed by atoms with van der Waals surface area (Å²) < 4.78 is 13.3. The lowest BCUT2D eigenvalue weighted by atomic mass is 10.0. The van der Waals surface area contributed by atoms with Crippen molar-refractivity contribution in [2.75, 3.05) is 0 Å². The molecule has 13 heavy (non-hydrogen) atoms. The zero-order valence-corrected chi connectivity index (χ0v) is 8.18. The fraction of sp³-hybridized carbons (Fsp3) is 0.455. The van der Waals surface area contributed by atoms with E-state index in [1.54, 1.807) is 6.07 Å². The Morgan fingerprint density at radius 3 is 2.77 bits per heavy atom. The molecule has 0 bridgehead atoms. The molecule has 0 aliphatic carbocycles. The molecule has 1 nitrogen and oxygen atoms in total. The van der Waals surface area contributed by atoms with Crippen molar-refractivity contribution >= 4 is 0 Å². The van der Waals surface area contributed by atoms with E-state index in [4.69, 9.17) is 5.73 Å². The Labute approximate surface area is 78.8 Å². The fourth-order valence-corrected chi connectivity index (χ4v) is 1.41. The molecule has 0 aliphatic rings. The van der Waals surface area contributed by atoms with Crippen LogP contribution in [0.5, 0.6) is 0 Å². The molecule has 0 saturated heterocycles. The summed E-state index contributed by atoms with van der Waals surface area (Å²) in [6.45, 7) is 4.00. The molecule has 0 amide bonds. The third kappa shape index (κ3) is 2.52. The molecule has 0 fully saturated rings. The van der Waals surface area contributed by atoms with Crippen LogP contribution in [-0.4, -0.2) is 0 Å². The van der Waals surface area contributed by atoms with Crippen molar-refractivity contribution < 1.29 is 4.39 Å². The lowest BCUT2D eigenvalue weighted by Gasteiger charge is -2.12. The van der Waals surface area contributed by atoms with Gasteiger partial charge in [0.05, 0.1) is 0 Å². The Kier molecular flexibility index (Phi) is 3.43. The van der Waals surface area contributed by atoms with Gasteiger partial charge in [0.2, 0.25) is 0 Å². The van der Waals surface area contributed by atoms with E-state index in [-0.39, 0.29) is 11.9 Å². The first-order valence-corrected chi connectivity index (χ1v) is 4.66. The lowest BCUT2D eigenvalue weighted by Crippen LogP contribution is -2.11. The molecule has 2 heteroatoms. The highest BCUT2D eigenvalue weighted by atomic mass is 19.1. The van der Waals surface area contributed by atoms with Gasteiger partial charge >= 0.3 is 0 Å². The van der Waals surface area contributed by atoms with Crippen LogP contribution in [0, 0.1) is 12.7 Å². The first-order valence-electron chi connectivity index (χ1n) is 4.66. The summed E-state index contributed by atoms with van der Waals surface area (Å²) in [5.74, 6) is -0.188. The van der Waals surface area contributed by atoms with Crippen molar-refractivity contribution in [3.05, 3.63) is 35.1 Å². The van der Waals surface area contributed by atoms with Gasteiger partial charge in [0.15, 0.2) is 0 Å². The van der Waals surface area contributed by atoms with E-state index in [9.17, 15) is 4.39 Å². The van der Waals surface area contributed by atoms with Crippen LogP contribution in [-0.2, 0) is 0 Å². The van der Waals surface area contributed by atoms with E-state index in [0.29, 0.717) is 5.56 Å². The van der Waals surface area contributed by atoms with Gasteiger partial charge in [0.1, 0.15) is 5.82 Å². The van der Waals surface area contributed by atoms with Gasteiger partial charge in [0.25, 0.3) is 0 Å². The van der Waals surface area contributed by atoms with Crippen LogP contribution in [0.2, 0.25) is 0 Å². The second kappa shape index (κ2) is 4.38. The summed E-state index contributed by atoms with van der Waals surface area (Å²) in [5.41, 5.74) is 7.53. The molecular formula is C11H16FN. The molecule has 0 heterocycles. The van der Waals surface area contributed by atoms with Crippen LogP contribution >= 0.6 is 0 Å². The smallest absolute Gasteiger partial charge is 0.127 e. The van der Waals surface area contributed by atoms with Crippen LogP contribution in [0.15, 0.2) is 18.2 Å². The normalized spacial score (nSPS) is 12.9. The maximum Gasteiger partial charge on any atom is 0.127 e. The third-order valence-corrected chi connectivity index (χ3v) is 2.15. The topological polar surface area (TPSA) is 26.0 Å². The van der Waals surface area contributed by atoms with E-state index in [1.165, 1.54) is 6.07 Å². The maximum atomic E-state index is 13.3. The summed E-state index contributed by atoms with van der Waals surface area (Å²) in [6.07, 6.45) is 1.81. The minimum Gasteiger partial charge on any atom is -0.324 e. The molecule has 1 atom stereocenters. The van der Waals surface area contributed by atoms with Crippen LogP contribution in [0.3, 0.4) is 0 Å². The summed E-state index contributed by atoms with van der Waals surface area (Å²) >= 11 is 0. The van der Waals surface area contributed by atoms with Gasteiger partial charge in [0, 0.05) is 11.6 Å². The third-order valence-electron chi connectivity index (χ3n) is 2.15. The van der Waals surface area contributed by atoms with E-state index >= 15 is 0 Å². The van der Waals surface area contributed by atoms with Crippen molar-refractivity contribution in [2.45, 2.75) is 32.7 Å². The summed E-state index contributed by atoms with van der Waals surface area (Å²) in [4.78, 5) is 0. The first kappa shape index (κ1) is 10.2. The molecule has 1 unspecified atom stereocenters. The van der Waals surface area contributed by atoms with Crippen LogP contribution in [0.1, 0.15) is 36.9 Å². The number of nitrogens with two attached hydrogens (primary N) is 1. The predicted octanol–water partition coefficient (Wildman–Crippen LogP) is 2.93. The number of hydrogen-bond donors (Lipinski definition) is 1. The van der Waals surface area contributed by atoms with E-state index in [0.717, 1.165) is 18.4 Å². The Balaban J connectivity index is 2.91. The van der Waals surface area contributed by atoms with Crippen molar-refractivity contribution in [1.82, 2.24) is 0 Å². The second-order valence-electron chi connectivity index (χ2n) is 3.42. The number of hydrogen-bond acceptors (Lipinski definition) is 1. The number of rotatable bonds is 3.